The lowest BCUT2D eigenvalue weighted by Gasteiger charge is -2.54. The van der Waals surface area contributed by atoms with E-state index in [1.54, 1.807) is 7.11 Å². The molecule has 0 unspecified atom stereocenters. The summed E-state index contributed by atoms with van der Waals surface area (Å²) in [5.41, 5.74) is 5.09. The number of benzene rings is 3. The van der Waals surface area contributed by atoms with Crippen molar-refractivity contribution < 1.29 is 9.84 Å². The molecular formula is C31H38N2O2. The Morgan fingerprint density at radius 1 is 0.943 bits per heavy atom. The summed E-state index contributed by atoms with van der Waals surface area (Å²) in [4.78, 5) is 2.73. The maximum atomic E-state index is 9.89. The van der Waals surface area contributed by atoms with Crippen molar-refractivity contribution in [1.82, 2.24) is 10.2 Å². The van der Waals surface area contributed by atoms with E-state index in [0.717, 1.165) is 23.4 Å². The van der Waals surface area contributed by atoms with Gasteiger partial charge in [0, 0.05) is 30.1 Å². The SMILES string of the molecule is COc1ccc(C[C@H](C)O)cc1CN[C@H]1C2CCN(CC2)[C@H]1C(c1ccccc1)c1ccccc1. The Kier molecular flexibility index (Phi) is 7.52. The van der Waals surface area contributed by atoms with Crippen molar-refractivity contribution in [2.24, 2.45) is 5.92 Å². The van der Waals surface area contributed by atoms with Gasteiger partial charge in [0.05, 0.1) is 13.2 Å². The van der Waals surface area contributed by atoms with Crippen LogP contribution in [0, 0.1) is 5.92 Å². The van der Waals surface area contributed by atoms with Crippen molar-refractivity contribution >= 4 is 0 Å². The minimum Gasteiger partial charge on any atom is -0.496 e. The van der Waals surface area contributed by atoms with E-state index in [0.29, 0.717) is 30.3 Å². The molecule has 0 aliphatic carbocycles. The smallest absolute Gasteiger partial charge is 0.123 e. The normalized spacial score (nSPS) is 24.5. The lowest BCUT2D eigenvalue weighted by atomic mass is 9.70. The molecule has 3 aromatic carbocycles. The highest BCUT2D eigenvalue weighted by atomic mass is 16.5. The maximum Gasteiger partial charge on any atom is 0.123 e. The van der Waals surface area contributed by atoms with Crippen LogP contribution >= 0.6 is 0 Å². The van der Waals surface area contributed by atoms with E-state index in [1.165, 1.54) is 37.1 Å². The molecule has 184 valence electrons. The first-order valence-electron chi connectivity index (χ1n) is 13.0. The molecule has 2 bridgehead atoms. The molecular weight excluding hydrogens is 432 g/mol. The average molecular weight is 471 g/mol. The highest BCUT2D eigenvalue weighted by Crippen LogP contribution is 2.42. The van der Waals surface area contributed by atoms with E-state index >= 15 is 0 Å². The van der Waals surface area contributed by atoms with Gasteiger partial charge in [-0.05, 0) is 68.0 Å². The van der Waals surface area contributed by atoms with Gasteiger partial charge in [-0.25, -0.2) is 0 Å². The van der Waals surface area contributed by atoms with E-state index in [9.17, 15) is 5.11 Å². The number of nitrogens with one attached hydrogen (secondary N) is 1. The summed E-state index contributed by atoms with van der Waals surface area (Å²) in [6, 6.07) is 29.2. The van der Waals surface area contributed by atoms with E-state index in [1.807, 2.05) is 13.0 Å². The fraction of sp³-hybridized carbons (Fsp3) is 0.419. The first-order chi connectivity index (χ1) is 17.1. The number of ether oxygens (including phenoxy) is 1. The zero-order valence-corrected chi connectivity index (χ0v) is 20.9. The van der Waals surface area contributed by atoms with Crippen molar-refractivity contribution in [3.05, 3.63) is 101 Å². The number of aliphatic hydroxyl groups excluding tert-OH is 1. The lowest BCUT2D eigenvalue weighted by Crippen LogP contribution is -2.64. The molecule has 3 fully saturated rings. The second kappa shape index (κ2) is 10.9. The molecule has 3 aliphatic heterocycles. The number of aliphatic hydroxyl groups is 1. The molecule has 3 aliphatic rings. The number of hydrogen-bond donors (Lipinski definition) is 2. The van der Waals surface area contributed by atoms with Gasteiger partial charge in [0.2, 0.25) is 0 Å². The summed E-state index contributed by atoms with van der Waals surface area (Å²) in [6.07, 6.45) is 2.81. The van der Waals surface area contributed by atoms with Gasteiger partial charge >= 0.3 is 0 Å². The fourth-order valence-electron chi connectivity index (χ4n) is 6.36. The van der Waals surface area contributed by atoms with Gasteiger partial charge in [-0.15, -0.1) is 0 Å². The van der Waals surface area contributed by atoms with Crippen LogP contribution in [0.15, 0.2) is 78.9 Å². The third-order valence-corrected chi connectivity index (χ3v) is 7.93. The summed E-state index contributed by atoms with van der Waals surface area (Å²) in [5, 5.41) is 13.9. The zero-order chi connectivity index (χ0) is 24.2. The molecule has 6 rings (SSSR count). The quantitative estimate of drug-likeness (QED) is 0.462. The van der Waals surface area contributed by atoms with Crippen molar-refractivity contribution in [3.8, 4) is 5.75 Å². The van der Waals surface area contributed by atoms with Crippen LogP contribution in [0.4, 0.5) is 0 Å². The van der Waals surface area contributed by atoms with Crippen LogP contribution in [0.2, 0.25) is 0 Å². The summed E-state index contributed by atoms with van der Waals surface area (Å²) in [5.74, 6) is 1.90. The molecule has 35 heavy (non-hydrogen) atoms. The van der Waals surface area contributed by atoms with Crippen LogP contribution in [0.5, 0.6) is 5.75 Å². The maximum absolute atomic E-state index is 9.89. The number of fused-ring (bicyclic) bond motifs is 3. The van der Waals surface area contributed by atoms with Gasteiger partial charge in [-0.1, -0.05) is 72.8 Å². The van der Waals surface area contributed by atoms with Crippen LogP contribution in [-0.2, 0) is 13.0 Å². The summed E-state index contributed by atoms with van der Waals surface area (Å²) in [6.45, 7) is 4.96. The third-order valence-electron chi connectivity index (χ3n) is 7.93. The molecule has 4 heteroatoms. The molecule has 4 nitrogen and oxygen atoms in total. The fourth-order valence-corrected chi connectivity index (χ4v) is 6.36. The third kappa shape index (κ3) is 5.30. The van der Waals surface area contributed by atoms with Crippen molar-refractivity contribution in [3.63, 3.8) is 0 Å². The van der Waals surface area contributed by atoms with Gasteiger partial charge < -0.3 is 15.2 Å². The second-order valence-electron chi connectivity index (χ2n) is 10.3. The van der Waals surface area contributed by atoms with E-state index in [4.69, 9.17) is 4.74 Å². The second-order valence-corrected chi connectivity index (χ2v) is 10.3. The van der Waals surface area contributed by atoms with Crippen LogP contribution in [0.3, 0.4) is 0 Å². The van der Waals surface area contributed by atoms with Gasteiger partial charge in [0.15, 0.2) is 0 Å². The van der Waals surface area contributed by atoms with Gasteiger partial charge in [-0.3, -0.25) is 4.90 Å². The Labute approximate surface area is 209 Å². The van der Waals surface area contributed by atoms with Crippen molar-refractivity contribution in [1.29, 1.82) is 0 Å². The van der Waals surface area contributed by atoms with Crippen molar-refractivity contribution in [2.45, 2.75) is 56.8 Å². The topological polar surface area (TPSA) is 44.7 Å². The molecule has 0 spiro atoms. The minimum atomic E-state index is -0.354. The number of piperidine rings is 3. The number of nitrogens with zero attached hydrogens (tertiary/aromatic N) is 1. The number of hydrogen-bond acceptors (Lipinski definition) is 4. The molecule has 3 aromatic rings. The largest absolute Gasteiger partial charge is 0.496 e. The number of rotatable bonds is 9. The van der Waals surface area contributed by atoms with Crippen molar-refractivity contribution in [2.75, 3.05) is 20.2 Å². The minimum absolute atomic E-state index is 0.321. The Morgan fingerprint density at radius 3 is 2.14 bits per heavy atom. The summed E-state index contributed by atoms with van der Waals surface area (Å²) in [7, 11) is 1.74. The van der Waals surface area contributed by atoms with Gasteiger partial charge in [0.25, 0.3) is 0 Å². The Bertz CT molecular complexity index is 1040. The summed E-state index contributed by atoms with van der Waals surface area (Å²) < 4.78 is 5.71. The molecule has 2 N–H and O–H groups in total. The first kappa shape index (κ1) is 24.1. The average Bonchev–Trinajstić information content (AvgIpc) is 2.90. The predicted molar refractivity (Wildman–Crippen MR) is 142 cm³/mol. The standard InChI is InChI=1S/C31H38N2O2/c1-22(34)19-23-13-14-28(35-2)27(20-23)21-32-30-26-15-17-33(18-16-26)31(30)29(24-9-5-3-6-10-24)25-11-7-4-8-12-25/h3-14,20,22,26,29-32,34H,15-19,21H2,1-2H3/t22-,30-,31-/m0/s1. The molecule has 0 saturated carbocycles. The van der Waals surface area contributed by atoms with Crippen LogP contribution < -0.4 is 10.1 Å². The predicted octanol–water partition coefficient (Wildman–Crippen LogP) is 5.00. The summed E-state index contributed by atoms with van der Waals surface area (Å²) >= 11 is 0. The van der Waals surface area contributed by atoms with Crippen LogP contribution in [0.25, 0.3) is 0 Å². The molecule has 3 atom stereocenters. The highest BCUT2D eigenvalue weighted by molar-refractivity contribution is 5.39. The molecule has 0 aromatic heterocycles. The Hall–Kier alpha value is -2.66. The monoisotopic (exact) mass is 470 g/mol. The Morgan fingerprint density at radius 2 is 1.57 bits per heavy atom. The zero-order valence-electron chi connectivity index (χ0n) is 20.9. The highest BCUT2D eigenvalue weighted by Gasteiger charge is 2.46. The van der Waals surface area contributed by atoms with E-state index in [2.05, 4.69) is 83.0 Å². The van der Waals surface area contributed by atoms with Gasteiger partial charge in [0.1, 0.15) is 5.75 Å². The first-order valence-corrected chi connectivity index (χ1v) is 13.0. The molecule has 0 amide bonds. The van der Waals surface area contributed by atoms with E-state index < -0.39 is 0 Å². The molecule has 0 radical (unpaired) electrons. The van der Waals surface area contributed by atoms with Crippen LogP contribution in [0.1, 0.15) is 47.9 Å². The lowest BCUT2D eigenvalue weighted by molar-refractivity contribution is 0.00462. The van der Waals surface area contributed by atoms with Gasteiger partial charge in [-0.2, -0.15) is 0 Å². The van der Waals surface area contributed by atoms with Crippen LogP contribution in [-0.4, -0.2) is 48.4 Å². The molecule has 3 heterocycles. The Balaban J connectivity index is 1.46. The van der Waals surface area contributed by atoms with E-state index in [-0.39, 0.29) is 6.10 Å². The number of methoxy groups -OCH3 is 1. The molecule has 3 saturated heterocycles.